The molecule has 2 amide bonds. The maximum atomic E-state index is 12.3. The van der Waals surface area contributed by atoms with Crippen molar-refractivity contribution >= 4 is 40.7 Å². The van der Waals surface area contributed by atoms with Crippen molar-refractivity contribution in [2.24, 2.45) is 0 Å². The molecule has 0 bridgehead atoms. The largest absolute Gasteiger partial charge is 0.405 e. The van der Waals surface area contributed by atoms with Crippen molar-refractivity contribution in [1.82, 2.24) is 5.32 Å². The van der Waals surface area contributed by atoms with E-state index in [0.717, 1.165) is 0 Å². The predicted octanol–water partition coefficient (Wildman–Crippen LogP) is 4.78. The summed E-state index contributed by atoms with van der Waals surface area (Å²) in [5, 5.41) is 5.20. The normalized spacial score (nSPS) is 11.2. The van der Waals surface area contributed by atoms with Gasteiger partial charge >= 0.3 is 6.18 Å². The topological polar surface area (TPSA) is 58.2 Å². The average molecular weight is 419 g/mol. The average Bonchev–Trinajstić information content (AvgIpc) is 2.56. The highest BCUT2D eigenvalue weighted by molar-refractivity contribution is 6.35. The number of nitrogens with one attached hydrogen (secondary N) is 2. The van der Waals surface area contributed by atoms with E-state index >= 15 is 0 Å². The van der Waals surface area contributed by atoms with Crippen molar-refractivity contribution in [3.05, 3.63) is 63.1 Å². The van der Waals surface area contributed by atoms with Gasteiger partial charge in [-0.2, -0.15) is 13.2 Å². The molecule has 0 spiro atoms. The lowest BCUT2D eigenvalue weighted by Crippen LogP contribution is -2.33. The third-order valence-corrected chi connectivity index (χ3v) is 4.18. The van der Waals surface area contributed by atoms with Crippen molar-refractivity contribution in [1.29, 1.82) is 0 Å². The van der Waals surface area contributed by atoms with Crippen LogP contribution < -0.4 is 10.6 Å². The standard InChI is InChI=1S/C18H15Cl2F3N2O2/c1-10-2-3-12(17(27)24-9-18(21,22)23)6-15(10)25-16(26)7-11-4-5-13(19)8-14(11)20/h2-6,8H,7,9H2,1H3,(H,24,27)(H,25,26). The van der Waals surface area contributed by atoms with E-state index in [1.807, 2.05) is 0 Å². The van der Waals surface area contributed by atoms with Crippen LogP contribution in [-0.4, -0.2) is 24.5 Å². The fourth-order valence-electron chi connectivity index (χ4n) is 2.21. The Labute approximate surface area is 163 Å². The van der Waals surface area contributed by atoms with Gasteiger partial charge in [0.05, 0.1) is 6.42 Å². The van der Waals surface area contributed by atoms with Crippen LogP contribution in [0, 0.1) is 6.92 Å². The molecule has 0 atom stereocenters. The van der Waals surface area contributed by atoms with E-state index in [1.54, 1.807) is 24.4 Å². The zero-order chi connectivity index (χ0) is 20.2. The number of amides is 2. The molecule has 144 valence electrons. The molecule has 0 saturated carbocycles. The minimum atomic E-state index is -4.50. The Kier molecular flexibility index (Phi) is 6.73. The Morgan fingerprint density at radius 3 is 2.41 bits per heavy atom. The lowest BCUT2D eigenvalue weighted by atomic mass is 10.1. The summed E-state index contributed by atoms with van der Waals surface area (Å²) in [5.41, 5.74) is 1.54. The summed E-state index contributed by atoms with van der Waals surface area (Å²) in [6, 6.07) is 8.98. The van der Waals surface area contributed by atoms with Crippen LogP contribution in [-0.2, 0) is 11.2 Å². The van der Waals surface area contributed by atoms with Gasteiger partial charge in [0.25, 0.3) is 5.91 Å². The van der Waals surface area contributed by atoms with Crippen LogP contribution in [0.4, 0.5) is 18.9 Å². The number of carbonyl (C=O) groups excluding carboxylic acids is 2. The summed E-state index contributed by atoms with van der Waals surface area (Å²) in [6.07, 6.45) is -4.53. The van der Waals surface area contributed by atoms with Crippen LogP contribution in [0.3, 0.4) is 0 Å². The molecule has 0 fully saturated rings. The summed E-state index contributed by atoms with van der Waals surface area (Å²) in [4.78, 5) is 24.1. The van der Waals surface area contributed by atoms with Crippen LogP contribution in [0.15, 0.2) is 36.4 Å². The van der Waals surface area contributed by atoms with E-state index in [9.17, 15) is 22.8 Å². The molecule has 0 aliphatic carbocycles. The molecule has 0 aliphatic rings. The third kappa shape index (κ3) is 6.45. The molecule has 0 radical (unpaired) electrons. The molecule has 2 aromatic carbocycles. The number of aryl methyl sites for hydroxylation is 1. The van der Waals surface area contributed by atoms with Crippen molar-refractivity contribution < 1.29 is 22.8 Å². The molecule has 0 aliphatic heterocycles. The minimum absolute atomic E-state index is 0.00433. The summed E-state index contributed by atoms with van der Waals surface area (Å²) >= 11 is 11.8. The number of rotatable bonds is 5. The lowest BCUT2D eigenvalue weighted by Gasteiger charge is -2.12. The van der Waals surface area contributed by atoms with Gasteiger partial charge in [0, 0.05) is 21.3 Å². The maximum Gasteiger partial charge on any atom is 0.405 e. The molecule has 9 heteroatoms. The third-order valence-electron chi connectivity index (χ3n) is 3.59. The van der Waals surface area contributed by atoms with Gasteiger partial charge < -0.3 is 10.6 Å². The van der Waals surface area contributed by atoms with Crippen molar-refractivity contribution in [3.8, 4) is 0 Å². The lowest BCUT2D eigenvalue weighted by molar-refractivity contribution is -0.123. The molecule has 0 aromatic heterocycles. The molecule has 27 heavy (non-hydrogen) atoms. The molecule has 2 N–H and O–H groups in total. The predicted molar refractivity (Wildman–Crippen MR) is 98.4 cm³/mol. The van der Waals surface area contributed by atoms with Crippen LogP contribution >= 0.6 is 23.2 Å². The van der Waals surface area contributed by atoms with Crippen molar-refractivity contribution in [2.75, 3.05) is 11.9 Å². The van der Waals surface area contributed by atoms with E-state index in [0.29, 0.717) is 26.9 Å². The molecular weight excluding hydrogens is 404 g/mol. The fraction of sp³-hybridized carbons (Fsp3) is 0.222. The highest BCUT2D eigenvalue weighted by atomic mass is 35.5. The fourth-order valence-corrected chi connectivity index (χ4v) is 2.69. The van der Waals surface area contributed by atoms with E-state index in [-0.39, 0.29) is 12.0 Å². The summed E-state index contributed by atoms with van der Waals surface area (Å²) in [7, 11) is 0. The minimum Gasteiger partial charge on any atom is -0.343 e. The second-order valence-corrected chi connectivity index (χ2v) is 6.63. The number of halogens is 5. The Morgan fingerprint density at radius 1 is 1.07 bits per heavy atom. The quantitative estimate of drug-likeness (QED) is 0.734. The highest BCUT2D eigenvalue weighted by Crippen LogP contribution is 2.23. The van der Waals surface area contributed by atoms with Crippen LogP contribution in [0.25, 0.3) is 0 Å². The van der Waals surface area contributed by atoms with E-state index < -0.39 is 24.5 Å². The molecule has 0 heterocycles. The van der Waals surface area contributed by atoms with Crippen LogP contribution in [0.5, 0.6) is 0 Å². The van der Waals surface area contributed by atoms with Gasteiger partial charge in [0.2, 0.25) is 5.91 Å². The summed E-state index contributed by atoms with van der Waals surface area (Å²) < 4.78 is 36.7. The molecule has 0 unspecified atom stereocenters. The molecule has 4 nitrogen and oxygen atoms in total. The number of benzene rings is 2. The van der Waals surface area contributed by atoms with E-state index in [4.69, 9.17) is 23.2 Å². The molecule has 2 rings (SSSR count). The second kappa shape index (κ2) is 8.63. The Bertz CT molecular complexity index is 870. The Hall–Kier alpha value is -2.25. The van der Waals surface area contributed by atoms with Crippen LogP contribution in [0.2, 0.25) is 10.0 Å². The smallest absolute Gasteiger partial charge is 0.343 e. The second-order valence-electron chi connectivity index (χ2n) is 5.79. The van der Waals surface area contributed by atoms with Gasteiger partial charge in [-0.05, 0) is 42.3 Å². The number of carbonyl (C=O) groups is 2. The number of hydrogen-bond acceptors (Lipinski definition) is 2. The summed E-state index contributed by atoms with van der Waals surface area (Å²) in [6.45, 7) is 0.263. The zero-order valence-corrected chi connectivity index (χ0v) is 15.6. The first-order chi connectivity index (χ1) is 12.5. The van der Waals surface area contributed by atoms with Gasteiger partial charge in [-0.15, -0.1) is 0 Å². The van der Waals surface area contributed by atoms with Crippen LogP contribution in [0.1, 0.15) is 21.5 Å². The first-order valence-corrected chi connectivity index (χ1v) is 8.50. The van der Waals surface area contributed by atoms with E-state index in [2.05, 4.69) is 5.32 Å². The van der Waals surface area contributed by atoms with Gasteiger partial charge in [-0.1, -0.05) is 35.3 Å². The molecule has 2 aromatic rings. The first kappa shape index (κ1) is 21.1. The number of alkyl halides is 3. The van der Waals surface area contributed by atoms with Gasteiger partial charge in [-0.3, -0.25) is 9.59 Å². The van der Waals surface area contributed by atoms with Crippen molar-refractivity contribution in [3.63, 3.8) is 0 Å². The molecule has 0 saturated heterocycles. The summed E-state index contributed by atoms with van der Waals surface area (Å²) in [5.74, 6) is -1.28. The first-order valence-electron chi connectivity index (χ1n) is 7.74. The van der Waals surface area contributed by atoms with Crippen molar-refractivity contribution in [2.45, 2.75) is 19.5 Å². The van der Waals surface area contributed by atoms with Gasteiger partial charge in [0.1, 0.15) is 6.54 Å². The number of hydrogen-bond donors (Lipinski definition) is 2. The van der Waals surface area contributed by atoms with E-state index in [1.165, 1.54) is 24.3 Å². The monoisotopic (exact) mass is 418 g/mol. The van der Waals surface area contributed by atoms with Gasteiger partial charge in [-0.25, -0.2) is 0 Å². The maximum absolute atomic E-state index is 12.3. The number of anilines is 1. The zero-order valence-electron chi connectivity index (χ0n) is 14.1. The molecular formula is C18H15Cl2F3N2O2. The Morgan fingerprint density at radius 2 is 1.78 bits per heavy atom. The SMILES string of the molecule is Cc1ccc(C(=O)NCC(F)(F)F)cc1NC(=O)Cc1ccc(Cl)cc1Cl. The van der Waals surface area contributed by atoms with Gasteiger partial charge in [0.15, 0.2) is 0 Å². The Balaban J connectivity index is 2.09. The highest BCUT2D eigenvalue weighted by Gasteiger charge is 2.28.